The molecule has 0 aliphatic carbocycles. The van der Waals surface area contributed by atoms with E-state index in [0.717, 1.165) is 28.1 Å². The summed E-state index contributed by atoms with van der Waals surface area (Å²) in [4.78, 5) is 13.1. The summed E-state index contributed by atoms with van der Waals surface area (Å²) >= 11 is 0. The maximum Gasteiger partial charge on any atom is 0.240 e. The van der Waals surface area contributed by atoms with Gasteiger partial charge in [-0.15, -0.1) is 0 Å². The summed E-state index contributed by atoms with van der Waals surface area (Å²) in [6.07, 6.45) is 7.06. The smallest absolute Gasteiger partial charge is 0.240 e. The average molecular weight is 357 g/mol. The van der Waals surface area contributed by atoms with E-state index >= 15 is 0 Å². The minimum Gasteiger partial charge on any atom is -0.479 e. The van der Waals surface area contributed by atoms with E-state index in [1.54, 1.807) is 19.5 Å². The van der Waals surface area contributed by atoms with Crippen molar-refractivity contribution in [2.75, 3.05) is 7.11 Å². The zero-order chi connectivity index (χ0) is 18.6. The van der Waals surface area contributed by atoms with Gasteiger partial charge in [0.25, 0.3) is 0 Å². The molecule has 0 N–H and O–H groups in total. The van der Waals surface area contributed by atoms with Crippen molar-refractivity contribution in [3.8, 4) is 28.4 Å². The highest BCUT2D eigenvalue weighted by atomic mass is 16.5. The molecule has 27 heavy (non-hydrogen) atoms. The lowest BCUT2D eigenvalue weighted by Crippen LogP contribution is -2.04. The summed E-state index contributed by atoms with van der Waals surface area (Å²) in [7, 11) is 1.60. The number of benzene rings is 1. The van der Waals surface area contributed by atoms with Crippen LogP contribution in [0.2, 0.25) is 0 Å². The Hall–Kier alpha value is -3.54. The van der Waals surface area contributed by atoms with Crippen molar-refractivity contribution >= 4 is 0 Å². The highest BCUT2D eigenvalue weighted by Gasteiger charge is 2.11. The van der Waals surface area contributed by atoms with Gasteiger partial charge < -0.3 is 4.74 Å². The number of hydrogen-bond acceptors (Lipinski definition) is 5. The summed E-state index contributed by atoms with van der Waals surface area (Å²) in [5.74, 6) is 0.505. The molecule has 0 amide bonds. The Morgan fingerprint density at radius 1 is 0.926 bits per heavy atom. The fourth-order valence-corrected chi connectivity index (χ4v) is 2.94. The molecular formula is C21H19N5O. The van der Waals surface area contributed by atoms with Crippen LogP contribution < -0.4 is 4.74 Å². The fourth-order valence-electron chi connectivity index (χ4n) is 2.94. The molecule has 3 aromatic heterocycles. The number of aryl methyl sites for hydroxylation is 1. The van der Waals surface area contributed by atoms with E-state index in [4.69, 9.17) is 9.84 Å². The van der Waals surface area contributed by atoms with Gasteiger partial charge in [0.05, 0.1) is 25.0 Å². The topological polar surface area (TPSA) is 65.7 Å². The first kappa shape index (κ1) is 16.9. The fraction of sp³-hybridized carbons (Fsp3) is 0.143. The Labute approximate surface area is 157 Å². The van der Waals surface area contributed by atoms with Gasteiger partial charge in [0.1, 0.15) is 5.69 Å². The maximum atomic E-state index is 5.33. The third-order valence-electron chi connectivity index (χ3n) is 4.36. The largest absolute Gasteiger partial charge is 0.479 e. The molecular weight excluding hydrogens is 338 g/mol. The van der Waals surface area contributed by atoms with Gasteiger partial charge in [0.15, 0.2) is 0 Å². The monoisotopic (exact) mass is 357 g/mol. The van der Waals surface area contributed by atoms with Crippen LogP contribution >= 0.6 is 0 Å². The van der Waals surface area contributed by atoms with E-state index in [1.807, 2.05) is 53.5 Å². The molecule has 3 heterocycles. The molecule has 0 bridgehead atoms. The summed E-state index contributed by atoms with van der Waals surface area (Å²) in [6.45, 7) is 2.70. The molecule has 0 spiro atoms. The Kier molecular flexibility index (Phi) is 4.61. The van der Waals surface area contributed by atoms with Crippen molar-refractivity contribution < 1.29 is 4.74 Å². The SMILES string of the molecule is COc1nccnc1-c1cccc(-c2ccn(Cc3ncccc3C)n2)c1. The van der Waals surface area contributed by atoms with Gasteiger partial charge in [-0.25, -0.2) is 9.97 Å². The Bertz CT molecular complexity index is 1070. The van der Waals surface area contributed by atoms with E-state index in [9.17, 15) is 0 Å². The van der Waals surface area contributed by atoms with Crippen molar-refractivity contribution in [2.45, 2.75) is 13.5 Å². The van der Waals surface area contributed by atoms with Crippen molar-refractivity contribution in [3.63, 3.8) is 0 Å². The highest BCUT2D eigenvalue weighted by molar-refractivity contribution is 5.71. The molecule has 0 atom stereocenters. The lowest BCUT2D eigenvalue weighted by atomic mass is 10.1. The Balaban J connectivity index is 1.63. The van der Waals surface area contributed by atoms with Crippen LogP contribution in [0.5, 0.6) is 5.88 Å². The van der Waals surface area contributed by atoms with Crippen molar-refractivity contribution in [2.24, 2.45) is 0 Å². The van der Waals surface area contributed by atoms with Crippen molar-refractivity contribution in [1.82, 2.24) is 24.7 Å². The normalized spacial score (nSPS) is 10.7. The van der Waals surface area contributed by atoms with E-state index in [-0.39, 0.29) is 0 Å². The zero-order valence-corrected chi connectivity index (χ0v) is 15.2. The lowest BCUT2D eigenvalue weighted by Gasteiger charge is -2.07. The van der Waals surface area contributed by atoms with Gasteiger partial charge in [-0.1, -0.05) is 24.3 Å². The number of rotatable bonds is 5. The van der Waals surface area contributed by atoms with E-state index in [0.29, 0.717) is 18.1 Å². The van der Waals surface area contributed by atoms with Crippen LogP contribution in [0.1, 0.15) is 11.3 Å². The van der Waals surface area contributed by atoms with Crippen LogP contribution in [0.4, 0.5) is 0 Å². The molecule has 1 aromatic carbocycles. The van der Waals surface area contributed by atoms with E-state index in [1.165, 1.54) is 0 Å². The second-order valence-electron chi connectivity index (χ2n) is 6.16. The number of methoxy groups -OCH3 is 1. The number of pyridine rings is 1. The third kappa shape index (κ3) is 3.55. The highest BCUT2D eigenvalue weighted by Crippen LogP contribution is 2.28. The molecule has 0 saturated heterocycles. The molecule has 0 aliphatic heterocycles. The predicted octanol–water partition coefficient (Wildman–Crippen LogP) is 3.77. The maximum absolute atomic E-state index is 5.33. The van der Waals surface area contributed by atoms with Crippen LogP contribution in [0, 0.1) is 6.92 Å². The van der Waals surface area contributed by atoms with Gasteiger partial charge >= 0.3 is 0 Å². The first-order valence-electron chi connectivity index (χ1n) is 8.64. The molecule has 6 nitrogen and oxygen atoms in total. The van der Waals surface area contributed by atoms with Crippen LogP contribution in [0.3, 0.4) is 0 Å². The number of nitrogens with zero attached hydrogens (tertiary/aromatic N) is 5. The number of ether oxygens (including phenoxy) is 1. The summed E-state index contributed by atoms with van der Waals surface area (Å²) in [6, 6.07) is 14.1. The molecule has 4 aromatic rings. The molecule has 0 radical (unpaired) electrons. The summed E-state index contributed by atoms with van der Waals surface area (Å²) in [5, 5.41) is 4.70. The van der Waals surface area contributed by atoms with Crippen LogP contribution in [-0.4, -0.2) is 31.8 Å². The van der Waals surface area contributed by atoms with Gasteiger partial charge in [-0.05, 0) is 30.7 Å². The molecule has 0 aliphatic rings. The Morgan fingerprint density at radius 3 is 2.63 bits per heavy atom. The molecule has 134 valence electrons. The van der Waals surface area contributed by atoms with Gasteiger partial charge in [0.2, 0.25) is 5.88 Å². The van der Waals surface area contributed by atoms with E-state index < -0.39 is 0 Å². The minimum atomic E-state index is 0.505. The summed E-state index contributed by atoms with van der Waals surface area (Å²) < 4.78 is 7.23. The Morgan fingerprint density at radius 2 is 1.78 bits per heavy atom. The van der Waals surface area contributed by atoms with Crippen molar-refractivity contribution in [3.05, 3.63) is 78.5 Å². The van der Waals surface area contributed by atoms with Crippen LogP contribution in [-0.2, 0) is 6.54 Å². The molecule has 0 saturated carbocycles. The third-order valence-corrected chi connectivity index (χ3v) is 4.36. The number of hydrogen-bond donors (Lipinski definition) is 0. The molecule has 0 unspecified atom stereocenters. The average Bonchev–Trinajstić information content (AvgIpc) is 3.18. The molecule has 6 heteroatoms. The van der Waals surface area contributed by atoms with E-state index in [2.05, 4.69) is 27.9 Å². The van der Waals surface area contributed by atoms with Crippen LogP contribution in [0.15, 0.2) is 67.3 Å². The van der Waals surface area contributed by atoms with Gasteiger partial charge in [-0.2, -0.15) is 5.10 Å². The molecule has 0 fully saturated rings. The second-order valence-corrected chi connectivity index (χ2v) is 6.16. The predicted molar refractivity (Wildman–Crippen MR) is 103 cm³/mol. The standard InChI is InChI=1S/C21H19N5O/c1-15-5-4-9-22-19(15)14-26-12-8-18(25-26)16-6-3-7-17(13-16)20-21(27-2)24-11-10-23-20/h3-13H,14H2,1-2H3. The lowest BCUT2D eigenvalue weighted by molar-refractivity contribution is 0.398. The first-order chi connectivity index (χ1) is 13.2. The van der Waals surface area contributed by atoms with Crippen molar-refractivity contribution in [1.29, 1.82) is 0 Å². The molecule has 4 rings (SSSR count). The number of aromatic nitrogens is 5. The second kappa shape index (κ2) is 7.37. The first-order valence-corrected chi connectivity index (χ1v) is 8.64. The minimum absolute atomic E-state index is 0.505. The van der Waals surface area contributed by atoms with Gasteiger partial charge in [0, 0.05) is 35.9 Å². The quantitative estimate of drug-likeness (QED) is 0.544. The zero-order valence-electron chi connectivity index (χ0n) is 15.2. The van der Waals surface area contributed by atoms with Crippen LogP contribution in [0.25, 0.3) is 22.5 Å². The van der Waals surface area contributed by atoms with Gasteiger partial charge in [-0.3, -0.25) is 9.67 Å². The summed E-state index contributed by atoms with van der Waals surface area (Å²) in [5.41, 5.74) is 5.74.